The summed E-state index contributed by atoms with van der Waals surface area (Å²) in [7, 11) is 2.00. The largest absolute Gasteiger partial charge is 0.378 e. The van der Waals surface area contributed by atoms with Crippen LogP contribution in [-0.2, 0) is 24.8 Å². The van der Waals surface area contributed by atoms with Crippen LogP contribution >= 0.6 is 0 Å². The summed E-state index contributed by atoms with van der Waals surface area (Å²) in [5.74, 6) is 3.43. The van der Waals surface area contributed by atoms with Crippen LogP contribution in [0.15, 0.2) is 36.7 Å². The maximum atomic E-state index is 10.6. The standard InChI is InChI=1S/C27H35N9O2/c1-5-20-29-18-8-6-7-9-19(18)36(20)27-31-24-22(25(32-27)34-12-14-38-15-13-34)30-21(33(24)4)16-35-11-10-28-26(37)23(35)17(2)3/h6-11,17,23,26,28,37H,5,12-16H2,1-4H3. The monoisotopic (exact) mass is 517 g/mol. The van der Waals surface area contributed by atoms with Gasteiger partial charge >= 0.3 is 0 Å². The fraction of sp³-hybridized carbons (Fsp3) is 0.481. The van der Waals surface area contributed by atoms with Crippen LogP contribution in [0.4, 0.5) is 5.82 Å². The highest BCUT2D eigenvalue weighted by atomic mass is 16.5. The first-order valence-corrected chi connectivity index (χ1v) is 13.4. The smallest absolute Gasteiger partial charge is 0.239 e. The number of para-hydroxylation sites is 2. The molecule has 11 heteroatoms. The third kappa shape index (κ3) is 4.15. The molecule has 11 nitrogen and oxygen atoms in total. The van der Waals surface area contributed by atoms with E-state index in [2.05, 4.69) is 51.1 Å². The zero-order valence-corrected chi connectivity index (χ0v) is 22.4. The third-order valence-electron chi connectivity index (χ3n) is 7.48. The van der Waals surface area contributed by atoms with Crippen LogP contribution in [0.1, 0.15) is 32.4 Å². The van der Waals surface area contributed by atoms with E-state index < -0.39 is 6.23 Å². The van der Waals surface area contributed by atoms with Crippen molar-refractivity contribution in [1.29, 1.82) is 0 Å². The van der Waals surface area contributed by atoms with Gasteiger partial charge in [-0.05, 0) is 18.1 Å². The van der Waals surface area contributed by atoms with Gasteiger partial charge in [-0.3, -0.25) is 4.57 Å². The molecule has 2 aliphatic rings. The van der Waals surface area contributed by atoms with Crippen LogP contribution in [0.25, 0.3) is 28.1 Å². The highest BCUT2D eigenvalue weighted by Crippen LogP contribution is 2.29. The number of benzene rings is 1. The average Bonchev–Trinajstić information content (AvgIpc) is 3.46. The van der Waals surface area contributed by atoms with E-state index in [9.17, 15) is 5.11 Å². The van der Waals surface area contributed by atoms with E-state index in [0.29, 0.717) is 25.7 Å². The normalized spacial score (nSPS) is 20.2. The van der Waals surface area contributed by atoms with Gasteiger partial charge in [0.2, 0.25) is 5.95 Å². The number of rotatable bonds is 6. The minimum Gasteiger partial charge on any atom is -0.378 e. The molecule has 0 bridgehead atoms. The van der Waals surface area contributed by atoms with Crippen molar-refractivity contribution in [2.45, 2.75) is 46.0 Å². The summed E-state index contributed by atoms with van der Waals surface area (Å²) in [5.41, 5.74) is 3.46. The number of nitrogens with one attached hydrogen (secondary N) is 1. The van der Waals surface area contributed by atoms with Gasteiger partial charge in [0, 0.05) is 39.0 Å². The first-order chi connectivity index (χ1) is 18.5. The lowest BCUT2D eigenvalue weighted by atomic mass is 10.00. The molecule has 3 aromatic heterocycles. The Labute approximate surface area is 221 Å². The third-order valence-corrected chi connectivity index (χ3v) is 7.48. The quantitative estimate of drug-likeness (QED) is 0.398. The van der Waals surface area contributed by atoms with Crippen LogP contribution < -0.4 is 10.2 Å². The molecule has 38 heavy (non-hydrogen) atoms. The lowest BCUT2D eigenvalue weighted by Crippen LogP contribution is -2.52. The summed E-state index contributed by atoms with van der Waals surface area (Å²) < 4.78 is 9.75. The topological polar surface area (TPSA) is 109 Å². The summed E-state index contributed by atoms with van der Waals surface area (Å²) in [6.07, 6.45) is 3.89. The predicted molar refractivity (Wildman–Crippen MR) is 146 cm³/mol. The van der Waals surface area contributed by atoms with Crippen molar-refractivity contribution in [3.05, 3.63) is 48.3 Å². The van der Waals surface area contributed by atoms with E-state index in [1.54, 1.807) is 6.20 Å². The SMILES string of the molecule is CCc1nc2ccccc2n1-c1nc(N2CCOCC2)c2nc(CN3C=CNC(O)C3C(C)C)n(C)c2n1. The summed E-state index contributed by atoms with van der Waals surface area (Å²) in [4.78, 5) is 24.5. The number of hydrogen-bond acceptors (Lipinski definition) is 9. The number of imidazole rings is 2. The van der Waals surface area contributed by atoms with Crippen LogP contribution in [-0.4, -0.2) is 77.6 Å². The van der Waals surface area contributed by atoms with E-state index >= 15 is 0 Å². The summed E-state index contributed by atoms with van der Waals surface area (Å²) >= 11 is 0. The number of aromatic nitrogens is 6. The number of nitrogens with zero attached hydrogens (tertiary/aromatic N) is 8. The molecule has 0 spiro atoms. The van der Waals surface area contributed by atoms with E-state index in [4.69, 9.17) is 24.7 Å². The molecule has 5 heterocycles. The van der Waals surface area contributed by atoms with Crippen LogP contribution in [0.3, 0.4) is 0 Å². The van der Waals surface area contributed by atoms with Crippen molar-refractivity contribution in [2.75, 3.05) is 31.2 Å². The molecule has 0 aliphatic carbocycles. The van der Waals surface area contributed by atoms with Gasteiger partial charge in [-0.15, -0.1) is 0 Å². The Hall–Kier alpha value is -3.70. The molecule has 2 atom stereocenters. The molecule has 2 unspecified atom stereocenters. The van der Waals surface area contributed by atoms with Gasteiger partial charge < -0.3 is 29.5 Å². The molecular formula is C27H35N9O2. The van der Waals surface area contributed by atoms with Crippen LogP contribution in [0.5, 0.6) is 0 Å². The Kier molecular flexibility index (Phi) is 6.40. The minimum absolute atomic E-state index is 0.0791. The number of aliphatic hydroxyl groups excluding tert-OH is 1. The lowest BCUT2D eigenvalue weighted by Gasteiger charge is -2.39. The van der Waals surface area contributed by atoms with Crippen molar-refractivity contribution < 1.29 is 9.84 Å². The molecule has 2 aliphatic heterocycles. The molecule has 0 radical (unpaired) electrons. The van der Waals surface area contributed by atoms with Crippen LogP contribution in [0.2, 0.25) is 0 Å². The number of ether oxygens (including phenoxy) is 1. The van der Waals surface area contributed by atoms with Gasteiger partial charge in [0.15, 0.2) is 17.0 Å². The van der Waals surface area contributed by atoms with E-state index in [1.165, 1.54) is 0 Å². The zero-order chi connectivity index (χ0) is 26.4. The molecule has 1 fully saturated rings. The van der Waals surface area contributed by atoms with Gasteiger partial charge in [0.1, 0.15) is 17.9 Å². The minimum atomic E-state index is -0.646. The average molecular weight is 518 g/mol. The van der Waals surface area contributed by atoms with Gasteiger partial charge in [0.05, 0.1) is 36.8 Å². The fourth-order valence-electron chi connectivity index (χ4n) is 5.54. The Morgan fingerprint density at radius 1 is 1.08 bits per heavy atom. The van der Waals surface area contributed by atoms with Gasteiger partial charge in [0.25, 0.3) is 0 Å². The molecular weight excluding hydrogens is 482 g/mol. The van der Waals surface area contributed by atoms with E-state index in [0.717, 1.165) is 59.2 Å². The van der Waals surface area contributed by atoms with Crippen molar-refractivity contribution in [2.24, 2.45) is 13.0 Å². The van der Waals surface area contributed by atoms with Crippen molar-refractivity contribution in [3.8, 4) is 5.95 Å². The molecule has 1 aromatic carbocycles. The number of morpholine rings is 1. The van der Waals surface area contributed by atoms with Gasteiger partial charge in [-0.1, -0.05) is 32.9 Å². The molecule has 2 N–H and O–H groups in total. The second-order valence-corrected chi connectivity index (χ2v) is 10.2. The number of hydrogen-bond donors (Lipinski definition) is 2. The van der Waals surface area contributed by atoms with Crippen molar-refractivity contribution >= 4 is 28.0 Å². The Morgan fingerprint density at radius 3 is 2.63 bits per heavy atom. The van der Waals surface area contributed by atoms with Gasteiger partial charge in [-0.2, -0.15) is 9.97 Å². The molecule has 0 amide bonds. The molecule has 0 saturated carbocycles. The number of fused-ring (bicyclic) bond motifs is 2. The maximum Gasteiger partial charge on any atom is 0.239 e. The van der Waals surface area contributed by atoms with Crippen LogP contribution in [0, 0.1) is 5.92 Å². The number of aryl methyl sites for hydroxylation is 2. The summed E-state index contributed by atoms with van der Waals surface area (Å²) in [6.45, 7) is 9.65. The van der Waals surface area contributed by atoms with Crippen molar-refractivity contribution in [1.82, 2.24) is 39.3 Å². The first-order valence-electron chi connectivity index (χ1n) is 13.4. The highest BCUT2D eigenvalue weighted by Gasteiger charge is 2.31. The Balaban J connectivity index is 1.51. The summed E-state index contributed by atoms with van der Waals surface area (Å²) in [6, 6.07) is 8.03. The summed E-state index contributed by atoms with van der Waals surface area (Å²) in [5, 5.41) is 13.6. The van der Waals surface area contributed by atoms with Gasteiger partial charge in [-0.25, -0.2) is 9.97 Å². The fourth-order valence-corrected chi connectivity index (χ4v) is 5.54. The zero-order valence-electron chi connectivity index (χ0n) is 22.4. The maximum absolute atomic E-state index is 10.6. The second kappa shape index (κ2) is 9.88. The molecule has 200 valence electrons. The number of anilines is 1. The lowest BCUT2D eigenvalue weighted by molar-refractivity contribution is 0.0186. The Bertz CT molecular complexity index is 1490. The van der Waals surface area contributed by atoms with Crippen molar-refractivity contribution in [3.63, 3.8) is 0 Å². The first kappa shape index (κ1) is 24.6. The van der Waals surface area contributed by atoms with E-state index in [1.807, 2.05) is 31.4 Å². The van der Waals surface area contributed by atoms with E-state index in [-0.39, 0.29) is 12.0 Å². The second-order valence-electron chi connectivity index (χ2n) is 10.2. The predicted octanol–water partition coefficient (Wildman–Crippen LogP) is 2.32. The Morgan fingerprint density at radius 2 is 1.87 bits per heavy atom. The number of aliphatic hydroxyl groups is 1. The molecule has 4 aromatic rings. The molecule has 1 saturated heterocycles. The highest BCUT2D eigenvalue weighted by molar-refractivity contribution is 5.86. The molecule has 6 rings (SSSR count).